The summed E-state index contributed by atoms with van der Waals surface area (Å²) in [4.78, 5) is 28.6. The Morgan fingerprint density at radius 3 is 2.67 bits per heavy atom. The largest absolute Gasteiger partial charge is 0.493 e. The number of furan rings is 1. The summed E-state index contributed by atoms with van der Waals surface area (Å²) in [5, 5.41) is 12.1. The lowest BCUT2D eigenvalue weighted by Crippen LogP contribution is -2.48. The van der Waals surface area contributed by atoms with Crippen LogP contribution in [-0.2, 0) is 16.1 Å². The number of nitrogens with zero attached hydrogens (tertiary/aromatic N) is 4. The lowest BCUT2D eigenvalue weighted by atomic mass is 10.2. The predicted molar refractivity (Wildman–Crippen MR) is 139 cm³/mol. The lowest BCUT2D eigenvalue weighted by Gasteiger charge is -2.33. The Balaban J connectivity index is 1.22. The van der Waals surface area contributed by atoms with E-state index in [0.717, 1.165) is 15.0 Å². The van der Waals surface area contributed by atoms with Gasteiger partial charge in [0.1, 0.15) is 5.76 Å². The van der Waals surface area contributed by atoms with E-state index < -0.39 is 0 Å². The number of hydrogen-bond acceptors (Lipinski definition) is 10. The first-order valence-electron chi connectivity index (χ1n) is 11.2. The van der Waals surface area contributed by atoms with E-state index in [2.05, 4.69) is 20.4 Å². The molecule has 0 bridgehead atoms. The average Bonchev–Trinajstić information content (AvgIpc) is 3.62. The van der Waals surface area contributed by atoms with Crippen molar-refractivity contribution in [1.82, 2.24) is 20.4 Å². The summed E-state index contributed by atoms with van der Waals surface area (Å²) in [5.41, 5.74) is 0.855. The molecular formula is C24H27N5O5S2. The maximum Gasteiger partial charge on any atom is 0.246 e. The molecule has 10 nitrogen and oxygen atoms in total. The number of hydrogen-bond donors (Lipinski definition) is 1. The van der Waals surface area contributed by atoms with Crippen molar-refractivity contribution in [2.45, 2.75) is 10.9 Å². The summed E-state index contributed by atoms with van der Waals surface area (Å²) in [6.45, 7) is 2.87. The smallest absolute Gasteiger partial charge is 0.246 e. The number of amides is 2. The SMILES string of the molecule is COc1ccc(/C=C/C(=O)N2CCN(c3nnc(SCC(=O)NCc4ccco4)s3)CC2)cc1OC. The molecule has 0 aliphatic carbocycles. The van der Waals surface area contributed by atoms with Crippen LogP contribution in [0.2, 0.25) is 0 Å². The summed E-state index contributed by atoms with van der Waals surface area (Å²) < 4.78 is 16.5. The van der Waals surface area contributed by atoms with E-state index in [1.807, 2.05) is 29.2 Å². The summed E-state index contributed by atoms with van der Waals surface area (Å²) in [7, 11) is 3.16. The van der Waals surface area contributed by atoms with Crippen LogP contribution in [0.4, 0.5) is 5.13 Å². The van der Waals surface area contributed by atoms with Gasteiger partial charge in [-0.05, 0) is 35.9 Å². The van der Waals surface area contributed by atoms with Gasteiger partial charge in [-0.25, -0.2) is 0 Å². The molecule has 0 unspecified atom stereocenters. The molecule has 4 rings (SSSR count). The number of aromatic nitrogens is 2. The number of piperazine rings is 1. The van der Waals surface area contributed by atoms with Crippen molar-refractivity contribution in [3.8, 4) is 11.5 Å². The van der Waals surface area contributed by atoms with Crippen LogP contribution < -0.4 is 19.7 Å². The molecule has 1 aliphatic heterocycles. The van der Waals surface area contributed by atoms with Gasteiger partial charge in [0.15, 0.2) is 15.8 Å². The van der Waals surface area contributed by atoms with E-state index in [4.69, 9.17) is 13.9 Å². The highest BCUT2D eigenvalue weighted by atomic mass is 32.2. The van der Waals surface area contributed by atoms with Crippen molar-refractivity contribution >= 4 is 46.1 Å². The Morgan fingerprint density at radius 1 is 1.14 bits per heavy atom. The van der Waals surface area contributed by atoms with Gasteiger partial charge >= 0.3 is 0 Å². The number of methoxy groups -OCH3 is 2. The maximum atomic E-state index is 12.7. The van der Waals surface area contributed by atoms with E-state index in [9.17, 15) is 9.59 Å². The number of rotatable bonds is 10. The van der Waals surface area contributed by atoms with Crippen molar-refractivity contribution in [3.05, 3.63) is 54.0 Å². The number of benzene rings is 1. The molecule has 2 amide bonds. The van der Waals surface area contributed by atoms with Crippen LogP contribution in [0, 0.1) is 0 Å². The molecule has 0 spiro atoms. The van der Waals surface area contributed by atoms with E-state index in [1.54, 1.807) is 38.7 Å². The van der Waals surface area contributed by atoms with Crippen molar-refractivity contribution in [2.24, 2.45) is 0 Å². The standard InChI is InChI=1S/C24H27N5O5S2/c1-32-19-7-5-17(14-20(19)33-2)6-8-22(31)28-9-11-29(12-10-28)23-26-27-24(36-23)35-16-21(30)25-15-18-4-3-13-34-18/h3-8,13-14H,9-12,15-16H2,1-2H3,(H,25,30)/b8-6+. The highest BCUT2D eigenvalue weighted by Gasteiger charge is 2.22. The first-order valence-corrected chi connectivity index (χ1v) is 13.1. The molecular weight excluding hydrogens is 502 g/mol. The highest BCUT2D eigenvalue weighted by Crippen LogP contribution is 2.29. The normalized spacial score (nSPS) is 13.7. The van der Waals surface area contributed by atoms with Crippen LogP contribution in [-0.4, -0.2) is 73.1 Å². The zero-order valence-corrected chi connectivity index (χ0v) is 21.6. The molecule has 1 fully saturated rings. The van der Waals surface area contributed by atoms with Gasteiger partial charge in [-0.15, -0.1) is 10.2 Å². The van der Waals surface area contributed by atoms with Gasteiger partial charge in [0.25, 0.3) is 0 Å². The molecule has 1 N–H and O–H groups in total. The topological polar surface area (TPSA) is 110 Å². The van der Waals surface area contributed by atoms with Gasteiger partial charge in [0.05, 0.1) is 32.8 Å². The molecule has 0 radical (unpaired) electrons. The fraction of sp³-hybridized carbons (Fsp3) is 0.333. The third-order valence-corrected chi connectivity index (χ3v) is 7.57. The molecule has 36 heavy (non-hydrogen) atoms. The second-order valence-electron chi connectivity index (χ2n) is 7.76. The molecule has 3 aromatic rings. The van der Waals surface area contributed by atoms with Gasteiger partial charge in [-0.3, -0.25) is 9.59 Å². The van der Waals surface area contributed by atoms with Crippen LogP contribution in [0.3, 0.4) is 0 Å². The van der Waals surface area contributed by atoms with Gasteiger partial charge < -0.3 is 29.0 Å². The van der Waals surface area contributed by atoms with Crippen LogP contribution >= 0.6 is 23.1 Å². The van der Waals surface area contributed by atoms with Crippen LogP contribution in [0.5, 0.6) is 11.5 Å². The van der Waals surface area contributed by atoms with Crippen LogP contribution in [0.25, 0.3) is 6.08 Å². The van der Waals surface area contributed by atoms with Crippen molar-refractivity contribution in [1.29, 1.82) is 0 Å². The zero-order chi connectivity index (χ0) is 25.3. The van der Waals surface area contributed by atoms with E-state index in [0.29, 0.717) is 50.0 Å². The number of carbonyl (C=O) groups is 2. The van der Waals surface area contributed by atoms with E-state index >= 15 is 0 Å². The van der Waals surface area contributed by atoms with Crippen LogP contribution in [0.15, 0.2) is 51.4 Å². The van der Waals surface area contributed by atoms with Crippen molar-refractivity contribution in [3.63, 3.8) is 0 Å². The lowest BCUT2D eigenvalue weighted by molar-refractivity contribution is -0.126. The Morgan fingerprint density at radius 2 is 1.94 bits per heavy atom. The first kappa shape index (κ1) is 25.6. The number of ether oxygens (including phenoxy) is 2. The number of carbonyl (C=O) groups excluding carboxylic acids is 2. The minimum Gasteiger partial charge on any atom is -0.493 e. The van der Waals surface area contributed by atoms with Gasteiger partial charge in [0, 0.05) is 32.3 Å². The molecule has 190 valence electrons. The van der Waals surface area contributed by atoms with Crippen molar-refractivity contribution < 1.29 is 23.5 Å². The second kappa shape index (κ2) is 12.5. The zero-order valence-electron chi connectivity index (χ0n) is 20.0. The first-order chi connectivity index (χ1) is 17.6. The monoisotopic (exact) mass is 529 g/mol. The molecule has 1 saturated heterocycles. The van der Waals surface area contributed by atoms with E-state index in [-0.39, 0.29) is 17.6 Å². The second-order valence-corrected chi connectivity index (χ2v) is 9.93. The van der Waals surface area contributed by atoms with Crippen molar-refractivity contribution in [2.75, 3.05) is 51.1 Å². The fourth-order valence-electron chi connectivity index (χ4n) is 3.51. The molecule has 1 aromatic carbocycles. The molecule has 1 aliphatic rings. The Labute approximate surface area is 217 Å². The number of anilines is 1. The molecule has 2 aromatic heterocycles. The highest BCUT2D eigenvalue weighted by molar-refractivity contribution is 8.01. The number of nitrogens with one attached hydrogen (secondary N) is 1. The minimum absolute atomic E-state index is 0.0431. The molecule has 0 saturated carbocycles. The summed E-state index contributed by atoms with van der Waals surface area (Å²) >= 11 is 2.80. The van der Waals surface area contributed by atoms with Crippen LogP contribution in [0.1, 0.15) is 11.3 Å². The quantitative estimate of drug-likeness (QED) is 0.313. The summed E-state index contributed by atoms with van der Waals surface area (Å²) in [5.74, 6) is 2.08. The van der Waals surface area contributed by atoms with Gasteiger partial charge in [-0.1, -0.05) is 29.2 Å². The molecule has 12 heteroatoms. The Bertz CT molecular complexity index is 1190. The van der Waals surface area contributed by atoms with Gasteiger partial charge in [0.2, 0.25) is 16.9 Å². The van der Waals surface area contributed by atoms with Gasteiger partial charge in [-0.2, -0.15) is 0 Å². The average molecular weight is 530 g/mol. The molecule has 3 heterocycles. The molecule has 0 atom stereocenters. The Kier molecular flexibility index (Phi) is 8.85. The minimum atomic E-state index is -0.0959. The summed E-state index contributed by atoms with van der Waals surface area (Å²) in [6.07, 6.45) is 4.93. The third-order valence-electron chi connectivity index (χ3n) is 5.45. The Hall–Kier alpha value is -3.51. The summed E-state index contributed by atoms with van der Waals surface area (Å²) in [6, 6.07) is 9.10. The third kappa shape index (κ3) is 6.79. The predicted octanol–water partition coefficient (Wildman–Crippen LogP) is 2.92. The number of thioether (sulfide) groups is 1. The fourth-order valence-corrected chi connectivity index (χ4v) is 5.24. The van der Waals surface area contributed by atoms with E-state index in [1.165, 1.54) is 23.1 Å². The maximum absolute atomic E-state index is 12.7.